The summed E-state index contributed by atoms with van der Waals surface area (Å²) in [6.07, 6.45) is 8.40. The van der Waals surface area contributed by atoms with E-state index in [1.165, 1.54) is 4.90 Å². The lowest BCUT2D eigenvalue weighted by atomic mass is 9.93. The molecule has 146 valence electrons. The van der Waals surface area contributed by atoms with Gasteiger partial charge in [0, 0.05) is 24.7 Å². The molecule has 0 radical (unpaired) electrons. The summed E-state index contributed by atoms with van der Waals surface area (Å²) >= 11 is 0. The van der Waals surface area contributed by atoms with Crippen molar-refractivity contribution in [2.75, 3.05) is 13.1 Å². The third kappa shape index (κ3) is 3.19. The van der Waals surface area contributed by atoms with Crippen LogP contribution in [0.4, 0.5) is 4.79 Å². The number of aliphatic imine (C=N–C) groups is 1. The molecule has 1 aromatic rings. The van der Waals surface area contributed by atoms with Gasteiger partial charge in [-0.3, -0.25) is 14.5 Å². The Bertz CT molecular complexity index is 899. The second-order valence-electron chi connectivity index (χ2n) is 7.34. The Labute approximate surface area is 162 Å². The summed E-state index contributed by atoms with van der Waals surface area (Å²) in [5.74, 6) is -0.0451. The summed E-state index contributed by atoms with van der Waals surface area (Å²) in [6, 6.07) is -0.732. The highest BCUT2D eigenvalue weighted by Gasteiger charge is 2.41. The van der Waals surface area contributed by atoms with Crippen LogP contribution in [0.25, 0.3) is 0 Å². The summed E-state index contributed by atoms with van der Waals surface area (Å²) in [5, 5.41) is 3.89. The van der Waals surface area contributed by atoms with Gasteiger partial charge in [-0.1, -0.05) is 23.4 Å². The van der Waals surface area contributed by atoms with Gasteiger partial charge in [-0.2, -0.15) is 4.99 Å². The maximum Gasteiger partial charge on any atom is 0.350 e. The molecule has 1 aliphatic carbocycles. The minimum atomic E-state index is -0.503. The first-order chi connectivity index (χ1) is 13.5. The van der Waals surface area contributed by atoms with Crippen LogP contribution in [0.1, 0.15) is 29.9 Å². The molecule has 0 bridgehead atoms. The van der Waals surface area contributed by atoms with Gasteiger partial charge in [0.1, 0.15) is 5.76 Å². The van der Waals surface area contributed by atoms with Crippen LogP contribution in [0, 0.1) is 19.8 Å². The standard InChI is InChI=1S/C20H22N4O4/c1-12-16(13(2)28-22-12)11-18(25)23-9-7-14(8-10-23)24-19(26)15-5-3-4-6-17(15)21-20(24)27/h3-6,14-15H,7-11H2,1-2H3. The molecule has 1 atom stereocenters. The third-order valence-corrected chi connectivity index (χ3v) is 5.63. The van der Waals surface area contributed by atoms with Crippen molar-refractivity contribution in [3.8, 4) is 0 Å². The number of likely N-dealkylation sites (tertiary alicyclic amines) is 1. The molecule has 0 spiro atoms. The highest BCUT2D eigenvalue weighted by molar-refractivity contribution is 6.21. The molecule has 3 heterocycles. The Hall–Kier alpha value is -3.03. The Morgan fingerprint density at radius 2 is 1.96 bits per heavy atom. The van der Waals surface area contributed by atoms with Crippen molar-refractivity contribution in [2.45, 2.75) is 39.2 Å². The minimum absolute atomic E-state index is 0.00445. The van der Waals surface area contributed by atoms with Crippen molar-refractivity contribution in [1.82, 2.24) is 15.0 Å². The van der Waals surface area contributed by atoms with E-state index >= 15 is 0 Å². The molecule has 4 rings (SSSR count). The number of carbonyl (C=O) groups is 3. The molecule has 0 aromatic carbocycles. The normalized spacial score (nSPS) is 22.5. The Kier molecular flexibility index (Phi) is 4.70. The van der Waals surface area contributed by atoms with Crippen LogP contribution in [0.3, 0.4) is 0 Å². The molecule has 2 aliphatic heterocycles. The van der Waals surface area contributed by atoms with Gasteiger partial charge in [0.15, 0.2) is 0 Å². The minimum Gasteiger partial charge on any atom is -0.361 e. The number of imide groups is 1. The highest BCUT2D eigenvalue weighted by atomic mass is 16.5. The molecular weight excluding hydrogens is 360 g/mol. The molecule has 28 heavy (non-hydrogen) atoms. The first-order valence-corrected chi connectivity index (χ1v) is 9.45. The van der Waals surface area contributed by atoms with Crippen LogP contribution in [0.2, 0.25) is 0 Å². The second kappa shape index (κ2) is 7.18. The maximum absolute atomic E-state index is 12.8. The first kappa shape index (κ1) is 18.3. The summed E-state index contributed by atoms with van der Waals surface area (Å²) < 4.78 is 5.12. The molecule has 4 amide bonds. The van der Waals surface area contributed by atoms with E-state index in [2.05, 4.69) is 10.1 Å². The van der Waals surface area contributed by atoms with Gasteiger partial charge in [-0.25, -0.2) is 4.79 Å². The van der Waals surface area contributed by atoms with Crippen LogP contribution in [-0.4, -0.2) is 57.6 Å². The van der Waals surface area contributed by atoms with Gasteiger partial charge in [-0.15, -0.1) is 0 Å². The molecule has 1 aromatic heterocycles. The zero-order chi connectivity index (χ0) is 19.8. The number of hydrogen-bond donors (Lipinski definition) is 0. The fourth-order valence-corrected chi connectivity index (χ4v) is 3.98. The molecule has 1 saturated heterocycles. The van der Waals surface area contributed by atoms with Crippen LogP contribution < -0.4 is 0 Å². The van der Waals surface area contributed by atoms with Gasteiger partial charge in [0.2, 0.25) is 11.8 Å². The van der Waals surface area contributed by atoms with Crippen molar-refractivity contribution in [1.29, 1.82) is 0 Å². The number of rotatable bonds is 3. The molecule has 1 fully saturated rings. The number of piperidine rings is 1. The van der Waals surface area contributed by atoms with E-state index in [9.17, 15) is 14.4 Å². The Balaban J connectivity index is 1.40. The van der Waals surface area contributed by atoms with Crippen molar-refractivity contribution < 1.29 is 18.9 Å². The zero-order valence-corrected chi connectivity index (χ0v) is 15.9. The van der Waals surface area contributed by atoms with Crippen LogP contribution in [0.15, 0.2) is 33.8 Å². The molecule has 0 N–H and O–H groups in total. The molecule has 3 aliphatic rings. The largest absolute Gasteiger partial charge is 0.361 e. The fraction of sp³-hybridized carbons (Fsp3) is 0.450. The van der Waals surface area contributed by atoms with E-state index in [0.29, 0.717) is 37.4 Å². The average Bonchev–Trinajstić information content (AvgIpc) is 3.00. The van der Waals surface area contributed by atoms with E-state index in [1.807, 2.05) is 6.92 Å². The topological polar surface area (TPSA) is 96.1 Å². The monoisotopic (exact) mass is 382 g/mol. The molecular formula is C20H22N4O4. The van der Waals surface area contributed by atoms with Gasteiger partial charge >= 0.3 is 6.03 Å². The number of carbonyl (C=O) groups excluding carboxylic acids is 3. The average molecular weight is 382 g/mol. The number of allylic oxidation sites excluding steroid dienone is 3. The number of urea groups is 1. The van der Waals surface area contributed by atoms with Gasteiger partial charge in [0.25, 0.3) is 0 Å². The van der Waals surface area contributed by atoms with Crippen molar-refractivity contribution in [2.24, 2.45) is 10.9 Å². The fourth-order valence-electron chi connectivity index (χ4n) is 3.98. The number of nitrogens with zero attached hydrogens (tertiary/aromatic N) is 4. The Morgan fingerprint density at radius 3 is 2.64 bits per heavy atom. The van der Waals surface area contributed by atoms with E-state index < -0.39 is 11.9 Å². The summed E-state index contributed by atoms with van der Waals surface area (Å²) in [5.41, 5.74) is 2.06. The van der Waals surface area contributed by atoms with E-state index in [1.54, 1.807) is 36.1 Å². The van der Waals surface area contributed by atoms with Crippen LogP contribution >= 0.6 is 0 Å². The van der Waals surface area contributed by atoms with E-state index in [0.717, 1.165) is 11.3 Å². The first-order valence-electron chi connectivity index (χ1n) is 9.45. The lowest BCUT2D eigenvalue weighted by Gasteiger charge is -2.39. The number of aryl methyl sites for hydroxylation is 2. The summed E-state index contributed by atoms with van der Waals surface area (Å²) in [4.78, 5) is 45.0. The number of aromatic nitrogens is 1. The number of hydrogen-bond acceptors (Lipinski definition) is 5. The highest BCUT2D eigenvalue weighted by Crippen LogP contribution is 2.26. The van der Waals surface area contributed by atoms with Gasteiger partial charge in [0.05, 0.1) is 23.7 Å². The van der Waals surface area contributed by atoms with E-state index in [4.69, 9.17) is 4.52 Å². The predicted octanol–water partition coefficient (Wildman–Crippen LogP) is 1.97. The van der Waals surface area contributed by atoms with Crippen LogP contribution in [-0.2, 0) is 16.0 Å². The third-order valence-electron chi connectivity index (χ3n) is 5.63. The summed E-state index contributed by atoms with van der Waals surface area (Å²) in [7, 11) is 0. The number of fused-ring (bicyclic) bond motifs is 1. The van der Waals surface area contributed by atoms with E-state index in [-0.39, 0.29) is 24.3 Å². The van der Waals surface area contributed by atoms with Gasteiger partial charge in [-0.05, 0) is 32.8 Å². The Morgan fingerprint density at radius 1 is 1.21 bits per heavy atom. The molecule has 0 saturated carbocycles. The lowest BCUT2D eigenvalue weighted by molar-refractivity contribution is -0.134. The summed E-state index contributed by atoms with van der Waals surface area (Å²) in [6.45, 7) is 4.62. The SMILES string of the molecule is Cc1noc(C)c1CC(=O)N1CCC(N2C(=O)N=C3C=CC=CC3C2=O)CC1. The predicted molar refractivity (Wildman–Crippen MR) is 101 cm³/mol. The van der Waals surface area contributed by atoms with Crippen molar-refractivity contribution >= 4 is 23.6 Å². The number of amides is 4. The van der Waals surface area contributed by atoms with Crippen molar-refractivity contribution in [3.63, 3.8) is 0 Å². The maximum atomic E-state index is 12.8. The second-order valence-corrected chi connectivity index (χ2v) is 7.34. The quantitative estimate of drug-likeness (QED) is 0.796. The van der Waals surface area contributed by atoms with Crippen molar-refractivity contribution in [3.05, 3.63) is 41.3 Å². The zero-order valence-electron chi connectivity index (χ0n) is 15.9. The molecule has 8 heteroatoms. The smallest absolute Gasteiger partial charge is 0.350 e. The lowest BCUT2D eigenvalue weighted by Crippen LogP contribution is -2.54. The van der Waals surface area contributed by atoms with Crippen LogP contribution in [0.5, 0.6) is 0 Å². The molecule has 8 nitrogen and oxygen atoms in total. The van der Waals surface area contributed by atoms with Gasteiger partial charge < -0.3 is 9.42 Å². The molecule has 1 unspecified atom stereocenters.